The molecule has 0 bridgehead atoms. The summed E-state index contributed by atoms with van der Waals surface area (Å²) in [5.41, 5.74) is 0. The molecule has 0 unspecified atom stereocenters. The fourth-order valence-electron chi connectivity index (χ4n) is 2.93. The maximum Gasteiger partial charge on any atom is 0.214 e. The van der Waals surface area contributed by atoms with Gasteiger partial charge in [0.25, 0.3) is 0 Å². The number of nitrogens with one attached hydrogen (secondary N) is 1. The number of sulfonamides is 1. The van der Waals surface area contributed by atoms with E-state index in [1.54, 1.807) is 10.5 Å². The van der Waals surface area contributed by atoms with E-state index in [0.717, 1.165) is 5.82 Å². The number of piperazine rings is 1. The first kappa shape index (κ1) is 18.5. The van der Waals surface area contributed by atoms with Crippen LogP contribution in [0.2, 0.25) is 0 Å². The van der Waals surface area contributed by atoms with Crippen LogP contribution >= 0.6 is 0 Å². The van der Waals surface area contributed by atoms with Crippen LogP contribution in [-0.4, -0.2) is 59.6 Å². The van der Waals surface area contributed by atoms with Crippen LogP contribution in [0.15, 0.2) is 30.5 Å². The topological polar surface area (TPSA) is 91.3 Å². The zero-order chi connectivity index (χ0) is 18.6. The lowest BCUT2D eigenvalue weighted by atomic mass is 10.3. The summed E-state index contributed by atoms with van der Waals surface area (Å²) in [5, 5.41) is 3.18. The van der Waals surface area contributed by atoms with E-state index in [2.05, 4.69) is 25.2 Å². The summed E-state index contributed by atoms with van der Waals surface area (Å²) < 4.78 is 26.0. The molecule has 0 aromatic carbocycles. The third-order valence-electron chi connectivity index (χ3n) is 4.16. The van der Waals surface area contributed by atoms with Gasteiger partial charge in [0.05, 0.1) is 5.75 Å². The van der Waals surface area contributed by atoms with Gasteiger partial charge in [-0.2, -0.15) is 4.31 Å². The third kappa shape index (κ3) is 4.47. The second-order valence-corrected chi connectivity index (χ2v) is 8.29. The van der Waals surface area contributed by atoms with Crippen molar-refractivity contribution < 1.29 is 8.42 Å². The van der Waals surface area contributed by atoms with Gasteiger partial charge in [0, 0.05) is 38.4 Å². The maximum absolute atomic E-state index is 12.2. The summed E-state index contributed by atoms with van der Waals surface area (Å²) >= 11 is 0. The van der Waals surface area contributed by atoms with Crippen molar-refractivity contribution >= 4 is 27.5 Å². The molecule has 8 nitrogen and oxygen atoms in total. The van der Waals surface area contributed by atoms with Crippen molar-refractivity contribution in [2.24, 2.45) is 0 Å². The molecule has 140 valence electrons. The molecule has 0 spiro atoms. The highest BCUT2D eigenvalue weighted by atomic mass is 32.2. The van der Waals surface area contributed by atoms with Crippen LogP contribution in [0.3, 0.4) is 0 Å². The molecule has 3 rings (SSSR count). The van der Waals surface area contributed by atoms with Gasteiger partial charge >= 0.3 is 0 Å². The molecule has 9 heteroatoms. The van der Waals surface area contributed by atoms with Gasteiger partial charge in [0.1, 0.15) is 23.3 Å². The van der Waals surface area contributed by atoms with Crippen LogP contribution in [0.5, 0.6) is 0 Å². The van der Waals surface area contributed by atoms with Gasteiger partial charge in [-0.15, -0.1) is 0 Å². The first-order valence-corrected chi connectivity index (χ1v) is 10.4. The Labute approximate surface area is 154 Å². The molecule has 0 radical (unpaired) electrons. The quantitative estimate of drug-likeness (QED) is 0.822. The zero-order valence-electron chi connectivity index (χ0n) is 15.1. The van der Waals surface area contributed by atoms with E-state index in [9.17, 15) is 8.42 Å². The number of hydrogen-bond donors (Lipinski definition) is 1. The number of hydrogen-bond acceptors (Lipinski definition) is 7. The molecule has 1 aliphatic heterocycles. The summed E-state index contributed by atoms with van der Waals surface area (Å²) in [7, 11) is -3.14. The Hall–Kier alpha value is -2.26. The van der Waals surface area contributed by atoms with Crippen LogP contribution in [0.1, 0.15) is 19.2 Å². The van der Waals surface area contributed by atoms with Gasteiger partial charge in [0.2, 0.25) is 10.0 Å². The van der Waals surface area contributed by atoms with Crippen LogP contribution in [0.4, 0.5) is 17.5 Å². The second-order valence-electron chi connectivity index (χ2n) is 6.20. The molecule has 3 heterocycles. The Morgan fingerprint density at radius 3 is 2.54 bits per heavy atom. The summed E-state index contributed by atoms with van der Waals surface area (Å²) in [4.78, 5) is 15.3. The van der Waals surface area contributed by atoms with Gasteiger partial charge in [-0.25, -0.2) is 23.4 Å². The Kier molecular flexibility index (Phi) is 5.67. The number of aryl methyl sites for hydroxylation is 1. The molecule has 2 aromatic rings. The van der Waals surface area contributed by atoms with Crippen molar-refractivity contribution in [3.8, 4) is 0 Å². The minimum absolute atomic E-state index is 0.206. The molecular weight excluding hydrogens is 352 g/mol. The average Bonchev–Trinajstić information content (AvgIpc) is 2.62. The Bertz CT molecular complexity index is 836. The van der Waals surface area contributed by atoms with Crippen LogP contribution in [0, 0.1) is 6.92 Å². The van der Waals surface area contributed by atoms with Crippen molar-refractivity contribution in [3.63, 3.8) is 0 Å². The van der Waals surface area contributed by atoms with Gasteiger partial charge in [-0.05, 0) is 25.5 Å². The van der Waals surface area contributed by atoms with Crippen molar-refractivity contribution in [3.05, 3.63) is 36.3 Å². The molecular formula is C17H24N6O2S. The predicted octanol–water partition coefficient (Wildman–Crippen LogP) is 1.79. The highest BCUT2D eigenvalue weighted by Gasteiger charge is 2.26. The normalized spacial score (nSPS) is 15.8. The Morgan fingerprint density at radius 2 is 1.88 bits per heavy atom. The monoisotopic (exact) mass is 376 g/mol. The van der Waals surface area contributed by atoms with E-state index in [4.69, 9.17) is 0 Å². The highest BCUT2D eigenvalue weighted by Crippen LogP contribution is 2.21. The van der Waals surface area contributed by atoms with Gasteiger partial charge in [0.15, 0.2) is 0 Å². The van der Waals surface area contributed by atoms with Crippen molar-refractivity contribution in [1.82, 2.24) is 19.3 Å². The second kappa shape index (κ2) is 7.96. The van der Waals surface area contributed by atoms with Crippen LogP contribution < -0.4 is 10.2 Å². The first-order valence-electron chi connectivity index (χ1n) is 8.74. The summed E-state index contributed by atoms with van der Waals surface area (Å²) in [6.45, 7) is 5.91. The Morgan fingerprint density at radius 1 is 1.12 bits per heavy atom. The van der Waals surface area contributed by atoms with Crippen molar-refractivity contribution in [1.29, 1.82) is 0 Å². The minimum Gasteiger partial charge on any atom is -0.354 e. The summed E-state index contributed by atoms with van der Waals surface area (Å²) in [6.07, 6.45) is 2.35. The third-order valence-corrected chi connectivity index (χ3v) is 6.24. The summed E-state index contributed by atoms with van der Waals surface area (Å²) in [6, 6.07) is 7.50. The van der Waals surface area contributed by atoms with E-state index >= 15 is 0 Å². The van der Waals surface area contributed by atoms with Gasteiger partial charge in [-0.1, -0.05) is 13.0 Å². The summed E-state index contributed by atoms with van der Waals surface area (Å²) in [5.74, 6) is 3.04. The number of pyridine rings is 1. The van der Waals surface area contributed by atoms with E-state index in [-0.39, 0.29) is 5.75 Å². The predicted molar refractivity (Wildman–Crippen MR) is 102 cm³/mol. The number of anilines is 3. The van der Waals surface area contributed by atoms with Crippen LogP contribution in [0.25, 0.3) is 0 Å². The molecule has 0 saturated carbocycles. The van der Waals surface area contributed by atoms with Crippen molar-refractivity contribution in [2.45, 2.75) is 20.3 Å². The number of rotatable bonds is 6. The molecule has 0 aliphatic carbocycles. The Balaban J connectivity index is 1.70. The van der Waals surface area contributed by atoms with E-state index in [1.165, 1.54) is 0 Å². The average molecular weight is 376 g/mol. The molecule has 26 heavy (non-hydrogen) atoms. The lowest BCUT2D eigenvalue weighted by molar-refractivity contribution is 0.383. The minimum atomic E-state index is -3.14. The largest absolute Gasteiger partial charge is 0.354 e. The molecule has 0 amide bonds. The number of aromatic nitrogens is 3. The smallest absolute Gasteiger partial charge is 0.214 e. The fraction of sp³-hybridized carbons (Fsp3) is 0.471. The van der Waals surface area contributed by atoms with Crippen molar-refractivity contribution in [2.75, 3.05) is 42.1 Å². The van der Waals surface area contributed by atoms with E-state index < -0.39 is 10.0 Å². The maximum atomic E-state index is 12.2. The van der Waals surface area contributed by atoms with Gasteiger partial charge in [-0.3, -0.25) is 0 Å². The fourth-order valence-corrected chi connectivity index (χ4v) is 4.42. The van der Waals surface area contributed by atoms with Crippen LogP contribution in [-0.2, 0) is 10.0 Å². The SMILES string of the molecule is CCCS(=O)(=O)N1CCN(c2cc(Nc3ccccn3)nc(C)n2)CC1. The number of nitrogens with zero attached hydrogens (tertiary/aromatic N) is 5. The molecule has 1 saturated heterocycles. The van der Waals surface area contributed by atoms with Gasteiger partial charge < -0.3 is 10.2 Å². The molecule has 0 atom stereocenters. The first-order chi connectivity index (χ1) is 12.5. The molecule has 1 N–H and O–H groups in total. The lowest BCUT2D eigenvalue weighted by Crippen LogP contribution is -2.49. The zero-order valence-corrected chi connectivity index (χ0v) is 15.9. The highest BCUT2D eigenvalue weighted by molar-refractivity contribution is 7.89. The van der Waals surface area contributed by atoms with E-state index in [1.807, 2.05) is 38.1 Å². The standard InChI is InChI=1S/C17H24N6O2S/c1-3-12-26(24,25)23-10-8-22(9-11-23)17-13-16(19-14(2)20-17)21-15-6-4-5-7-18-15/h4-7,13H,3,8-12H2,1-2H3,(H,18,19,20,21). The van der Waals surface area contributed by atoms with E-state index in [0.29, 0.717) is 50.1 Å². The molecule has 2 aromatic heterocycles. The lowest BCUT2D eigenvalue weighted by Gasteiger charge is -2.34. The molecule has 1 fully saturated rings. The molecule has 1 aliphatic rings.